The molecule has 1 amide bonds. The van der Waals surface area contributed by atoms with Crippen molar-refractivity contribution in [2.24, 2.45) is 4.99 Å². The summed E-state index contributed by atoms with van der Waals surface area (Å²) in [4.78, 5) is 21.1. The first-order chi connectivity index (χ1) is 13.7. The predicted molar refractivity (Wildman–Crippen MR) is 130 cm³/mol. The number of hydrogen-bond donors (Lipinski definition) is 2. The molecule has 1 aromatic carbocycles. The van der Waals surface area contributed by atoms with E-state index in [0.29, 0.717) is 13.0 Å². The third-order valence-electron chi connectivity index (χ3n) is 5.58. The van der Waals surface area contributed by atoms with Gasteiger partial charge in [-0.3, -0.25) is 9.69 Å². The second-order valence-electron chi connectivity index (χ2n) is 7.82. The SMILES string of the molecule is CCNC(=NCc1ccc(CN2CCCC2)cc1)NC1CCN(C(=O)CC)C1.I. The highest BCUT2D eigenvalue weighted by Gasteiger charge is 2.25. The van der Waals surface area contributed by atoms with Crippen molar-refractivity contribution >= 4 is 35.8 Å². The van der Waals surface area contributed by atoms with E-state index in [9.17, 15) is 4.79 Å². The van der Waals surface area contributed by atoms with Crippen LogP contribution in [0.2, 0.25) is 0 Å². The van der Waals surface area contributed by atoms with Gasteiger partial charge in [0.05, 0.1) is 6.54 Å². The lowest BCUT2D eigenvalue weighted by Crippen LogP contribution is -2.45. The number of nitrogens with one attached hydrogen (secondary N) is 2. The number of carbonyl (C=O) groups is 1. The Morgan fingerprint density at radius 1 is 1.10 bits per heavy atom. The van der Waals surface area contributed by atoms with E-state index in [0.717, 1.165) is 38.6 Å². The molecule has 0 saturated carbocycles. The number of aliphatic imine (C=N–C) groups is 1. The second-order valence-corrected chi connectivity index (χ2v) is 7.82. The van der Waals surface area contributed by atoms with Crippen molar-refractivity contribution in [3.05, 3.63) is 35.4 Å². The normalized spacial score (nSPS) is 19.9. The molecule has 0 radical (unpaired) electrons. The van der Waals surface area contributed by atoms with E-state index in [4.69, 9.17) is 4.99 Å². The minimum absolute atomic E-state index is 0. The van der Waals surface area contributed by atoms with Crippen LogP contribution in [0.25, 0.3) is 0 Å². The molecule has 2 heterocycles. The first kappa shape index (κ1) is 23.9. The van der Waals surface area contributed by atoms with Gasteiger partial charge in [0.15, 0.2) is 5.96 Å². The summed E-state index contributed by atoms with van der Waals surface area (Å²) in [5.41, 5.74) is 2.60. The van der Waals surface area contributed by atoms with Gasteiger partial charge in [-0.2, -0.15) is 0 Å². The van der Waals surface area contributed by atoms with Crippen molar-refractivity contribution in [2.75, 3.05) is 32.7 Å². The molecular formula is C22H36IN5O. The molecule has 0 aliphatic carbocycles. The molecule has 0 bridgehead atoms. The highest BCUT2D eigenvalue weighted by molar-refractivity contribution is 14.0. The molecule has 1 unspecified atom stereocenters. The van der Waals surface area contributed by atoms with E-state index in [2.05, 4.69) is 46.7 Å². The second kappa shape index (κ2) is 12.4. The summed E-state index contributed by atoms with van der Waals surface area (Å²) in [7, 11) is 0. The molecule has 7 heteroatoms. The van der Waals surface area contributed by atoms with E-state index in [1.54, 1.807) is 0 Å². The smallest absolute Gasteiger partial charge is 0.222 e. The Bertz CT molecular complexity index is 658. The first-order valence-electron chi connectivity index (χ1n) is 10.8. The highest BCUT2D eigenvalue weighted by Crippen LogP contribution is 2.14. The zero-order chi connectivity index (χ0) is 19.8. The quantitative estimate of drug-likeness (QED) is 0.335. The monoisotopic (exact) mass is 513 g/mol. The Labute approximate surface area is 192 Å². The lowest BCUT2D eigenvalue weighted by Gasteiger charge is -2.18. The van der Waals surface area contributed by atoms with Crippen LogP contribution in [0.3, 0.4) is 0 Å². The van der Waals surface area contributed by atoms with E-state index < -0.39 is 0 Å². The fourth-order valence-electron chi connectivity index (χ4n) is 3.96. The van der Waals surface area contributed by atoms with E-state index in [1.807, 2.05) is 11.8 Å². The maximum absolute atomic E-state index is 11.9. The molecule has 1 atom stereocenters. The van der Waals surface area contributed by atoms with Crippen LogP contribution in [0, 0.1) is 0 Å². The fourth-order valence-corrected chi connectivity index (χ4v) is 3.96. The Kier molecular flexibility index (Phi) is 10.2. The van der Waals surface area contributed by atoms with E-state index in [1.165, 1.54) is 37.1 Å². The van der Waals surface area contributed by atoms with Gasteiger partial charge in [-0.15, -0.1) is 24.0 Å². The van der Waals surface area contributed by atoms with Crippen molar-refractivity contribution in [1.82, 2.24) is 20.4 Å². The molecule has 29 heavy (non-hydrogen) atoms. The lowest BCUT2D eigenvalue weighted by molar-refractivity contribution is -0.129. The minimum Gasteiger partial charge on any atom is -0.357 e. The van der Waals surface area contributed by atoms with Crippen molar-refractivity contribution < 1.29 is 4.79 Å². The van der Waals surface area contributed by atoms with Crippen LogP contribution in [0.15, 0.2) is 29.3 Å². The van der Waals surface area contributed by atoms with Crippen molar-refractivity contribution in [2.45, 2.75) is 58.7 Å². The zero-order valence-electron chi connectivity index (χ0n) is 17.8. The third-order valence-corrected chi connectivity index (χ3v) is 5.58. The minimum atomic E-state index is 0. The molecule has 0 spiro atoms. The largest absolute Gasteiger partial charge is 0.357 e. The van der Waals surface area contributed by atoms with Gasteiger partial charge in [-0.05, 0) is 50.4 Å². The molecule has 0 aromatic heterocycles. The number of guanidine groups is 1. The number of nitrogens with zero attached hydrogens (tertiary/aromatic N) is 3. The van der Waals surface area contributed by atoms with Crippen LogP contribution in [-0.2, 0) is 17.9 Å². The number of benzene rings is 1. The fraction of sp³-hybridized carbons (Fsp3) is 0.636. The van der Waals surface area contributed by atoms with Crippen molar-refractivity contribution in [3.63, 3.8) is 0 Å². The van der Waals surface area contributed by atoms with Gasteiger partial charge in [0.2, 0.25) is 5.91 Å². The third kappa shape index (κ3) is 7.44. The van der Waals surface area contributed by atoms with Gasteiger partial charge in [0, 0.05) is 38.6 Å². The van der Waals surface area contributed by atoms with Gasteiger partial charge in [0.25, 0.3) is 0 Å². The molecule has 6 nitrogen and oxygen atoms in total. The average molecular weight is 513 g/mol. The summed E-state index contributed by atoms with van der Waals surface area (Å²) in [5.74, 6) is 1.07. The summed E-state index contributed by atoms with van der Waals surface area (Å²) in [6, 6.07) is 9.12. The summed E-state index contributed by atoms with van der Waals surface area (Å²) in [5, 5.41) is 6.82. The Morgan fingerprint density at radius 2 is 1.79 bits per heavy atom. The van der Waals surface area contributed by atoms with Gasteiger partial charge < -0.3 is 15.5 Å². The van der Waals surface area contributed by atoms with Gasteiger partial charge in [-0.25, -0.2) is 4.99 Å². The topological polar surface area (TPSA) is 60.0 Å². The maximum Gasteiger partial charge on any atom is 0.222 e. The molecule has 1 aromatic rings. The van der Waals surface area contributed by atoms with Gasteiger partial charge in [0.1, 0.15) is 0 Å². The highest BCUT2D eigenvalue weighted by atomic mass is 127. The Morgan fingerprint density at radius 3 is 2.45 bits per heavy atom. The molecular weight excluding hydrogens is 477 g/mol. The number of likely N-dealkylation sites (tertiary alicyclic amines) is 2. The zero-order valence-corrected chi connectivity index (χ0v) is 20.2. The average Bonchev–Trinajstić information content (AvgIpc) is 3.39. The molecule has 2 saturated heterocycles. The Hall–Kier alpha value is -1.35. The summed E-state index contributed by atoms with van der Waals surface area (Å²) in [6.07, 6.45) is 4.21. The molecule has 2 aliphatic rings. The number of halogens is 1. The molecule has 2 fully saturated rings. The van der Waals surface area contributed by atoms with Crippen LogP contribution in [0.4, 0.5) is 0 Å². The van der Waals surface area contributed by atoms with Crippen LogP contribution in [-0.4, -0.2) is 60.4 Å². The molecule has 3 rings (SSSR count). The van der Waals surface area contributed by atoms with Crippen LogP contribution in [0.1, 0.15) is 50.7 Å². The number of hydrogen-bond acceptors (Lipinski definition) is 3. The molecule has 162 valence electrons. The van der Waals surface area contributed by atoms with E-state index >= 15 is 0 Å². The number of amides is 1. The molecule has 2 aliphatic heterocycles. The Balaban J connectivity index is 0.00000300. The van der Waals surface area contributed by atoms with Crippen LogP contribution in [0.5, 0.6) is 0 Å². The van der Waals surface area contributed by atoms with Crippen LogP contribution >= 0.6 is 24.0 Å². The predicted octanol–water partition coefficient (Wildman–Crippen LogP) is 2.97. The van der Waals surface area contributed by atoms with Crippen LogP contribution < -0.4 is 10.6 Å². The standard InChI is InChI=1S/C22H35N5O.HI/c1-3-21(28)27-14-11-20(17-27)25-22(23-4-2)24-15-18-7-9-19(10-8-18)16-26-12-5-6-13-26;/h7-10,20H,3-6,11-17H2,1-2H3,(H2,23,24,25);1H. The molecule has 2 N–H and O–H groups in total. The van der Waals surface area contributed by atoms with Crippen molar-refractivity contribution in [1.29, 1.82) is 0 Å². The summed E-state index contributed by atoms with van der Waals surface area (Å²) >= 11 is 0. The summed E-state index contributed by atoms with van der Waals surface area (Å²) in [6.45, 7) is 10.6. The first-order valence-corrected chi connectivity index (χ1v) is 10.8. The summed E-state index contributed by atoms with van der Waals surface area (Å²) < 4.78 is 0. The van der Waals surface area contributed by atoms with Gasteiger partial charge in [-0.1, -0.05) is 31.2 Å². The number of carbonyl (C=O) groups excluding carboxylic acids is 1. The van der Waals surface area contributed by atoms with Crippen molar-refractivity contribution in [3.8, 4) is 0 Å². The van der Waals surface area contributed by atoms with E-state index in [-0.39, 0.29) is 35.9 Å². The lowest BCUT2D eigenvalue weighted by atomic mass is 10.1. The number of rotatable bonds is 7. The van der Waals surface area contributed by atoms with Gasteiger partial charge >= 0.3 is 0 Å². The maximum atomic E-state index is 11.9.